The Kier molecular flexibility index (Phi) is 7.59. The van der Waals surface area contributed by atoms with Gasteiger partial charge in [0, 0.05) is 5.41 Å². The minimum atomic E-state index is 0.0137. The maximum absolute atomic E-state index is 2.45. The molecule has 0 aliphatic heterocycles. The Labute approximate surface area is 200 Å². The number of benzene rings is 5. The molecule has 0 atom stereocenters. The van der Waals surface area contributed by atoms with Gasteiger partial charge in [0.15, 0.2) is 0 Å². The van der Waals surface area contributed by atoms with Gasteiger partial charge in [-0.2, -0.15) is 0 Å². The molecule has 0 saturated carbocycles. The zero-order chi connectivity index (χ0) is 24.2. The van der Waals surface area contributed by atoms with Crippen LogP contribution in [0.5, 0.6) is 0 Å². The van der Waals surface area contributed by atoms with Crippen molar-refractivity contribution in [1.82, 2.24) is 0 Å². The zero-order valence-electron chi connectivity index (χ0n) is 21.6. The van der Waals surface area contributed by atoms with Crippen LogP contribution < -0.4 is 0 Å². The molecule has 0 unspecified atom stereocenters. The zero-order valence-corrected chi connectivity index (χ0v) is 21.6. The molecule has 0 heteroatoms. The lowest BCUT2D eigenvalue weighted by Crippen LogP contribution is -2.14. The maximum Gasteiger partial charge on any atom is 0.0159 e. The van der Waals surface area contributed by atoms with E-state index in [2.05, 4.69) is 98.8 Å². The average Bonchev–Trinajstić information content (AvgIpc) is 3.12. The maximum atomic E-state index is 2.45. The van der Waals surface area contributed by atoms with Crippen molar-refractivity contribution < 1.29 is 0 Å². The molecule has 0 fully saturated rings. The fraction of sp³-hybridized carbons (Fsp3) is 0.273. The van der Waals surface area contributed by atoms with E-state index < -0.39 is 0 Å². The summed E-state index contributed by atoms with van der Waals surface area (Å²) < 4.78 is 0. The molecule has 0 spiro atoms. The van der Waals surface area contributed by atoms with Crippen molar-refractivity contribution in [3.05, 3.63) is 96.1 Å². The fourth-order valence-electron chi connectivity index (χ4n) is 5.01. The Bertz CT molecular complexity index is 1390. The van der Waals surface area contributed by atoms with Crippen LogP contribution in [-0.4, -0.2) is 0 Å². The van der Waals surface area contributed by atoms with Gasteiger partial charge >= 0.3 is 0 Å². The van der Waals surface area contributed by atoms with Gasteiger partial charge in [-0.15, -0.1) is 0 Å². The molecule has 5 aromatic rings. The van der Waals surface area contributed by atoms with Crippen LogP contribution in [0.2, 0.25) is 0 Å². The fourth-order valence-corrected chi connectivity index (χ4v) is 5.01. The van der Waals surface area contributed by atoms with Gasteiger partial charge in [0.1, 0.15) is 0 Å². The summed E-state index contributed by atoms with van der Waals surface area (Å²) in [6.07, 6.45) is 0. The molecule has 0 radical (unpaired) electrons. The molecule has 1 aliphatic rings. The Morgan fingerprint density at radius 2 is 0.970 bits per heavy atom. The third-order valence-corrected chi connectivity index (χ3v) is 6.43. The molecule has 5 aromatic carbocycles. The van der Waals surface area contributed by atoms with Crippen LogP contribution in [-0.2, 0) is 5.41 Å². The highest BCUT2D eigenvalue weighted by molar-refractivity contribution is 6.11. The number of fused-ring (bicyclic) bond motifs is 8. The van der Waals surface area contributed by atoms with Crippen molar-refractivity contribution in [3.63, 3.8) is 0 Å². The topological polar surface area (TPSA) is 0 Å². The largest absolute Gasteiger partial charge is 0.0683 e. The lowest BCUT2D eigenvalue weighted by molar-refractivity contribution is 0.662. The van der Waals surface area contributed by atoms with Crippen molar-refractivity contribution >= 4 is 32.3 Å². The van der Waals surface area contributed by atoms with Crippen LogP contribution in [0.15, 0.2) is 84.9 Å². The molecule has 0 amide bonds. The van der Waals surface area contributed by atoms with Crippen molar-refractivity contribution in [2.24, 2.45) is 0 Å². The molecule has 0 bridgehead atoms. The van der Waals surface area contributed by atoms with Gasteiger partial charge in [-0.05, 0) is 66.7 Å². The van der Waals surface area contributed by atoms with Crippen LogP contribution in [0.3, 0.4) is 0 Å². The van der Waals surface area contributed by atoms with Gasteiger partial charge in [-0.25, -0.2) is 0 Å². The lowest BCUT2D eigenvalue weighted by atomic mass is 9.81. The van der Waals surface area contributed by atoms with E-state index in [1.807, 2.05) is 41.5 Å². The summed E-state index contributed by atoms with van der Waals surface area (Å²) in [6, 6.07) is 31.5. The third kappa shape index (κ3) is 3.93. The normalized spacial score (nSPS) is 12.5. The minimum Gasteiger partial charge on any atom is -0.0683 e. The van der Waals surface area contributed by atoms with Gasteiger partial charge < -0.3 is 0 Å². The predicted molar refractivity (Wildman–Crippen MR) is 151 cm³/mol. The molecule has 0 nitrogen and oxygen atoms in total. The smallest absolute Gasteiger partial charge is 0.0159 e. The summed E-state index contributed by atoms with van der Waals surface area (Å²) in [7, 11) is 0. The van der Waals surface area contributed by atoms with Gasteiger partial charge in [0.05, 0.1) is 0 Å². The van der Waals surface area contributed by atoms with Crippen molar-refractivity contribution in [2.75, 3.05) is 0 Å². The van der Waals surface area contributed by atoms with Gasteiger partial charge in [0.25, 0.3) is 0 Å². The average molecular weight is 435 g/mol. The van der Waals surface area contributed by atoms with E-state index >= 15 is 0 Å². The first-order chi connectivity index (χ1) is 16.1. The molecule has 0 aromatic heterocycles. The first kappa shape index (κ1) is 24.5. The number of rotatable bonds is 0. The second kappa shape index (κ2) is 10.2. The van der Waals surface area contributed by atoms with E-state index in [0.29, 0.717) is 0 Å². The minimum absolute atomic E-state index is 0.0137. The first-order valence-corrected chi connectivity index (χ1v) is 12.6. The quantitative estimate of drug-likeness (QED) is 0.213. The van der Waals surface area contributed by atoms with Gasteiger partial charge in [-0.1, -0.05) is 128 Å². The second-order valence-corrected chi connectivity index (χ2v) is 8.24. The number of hydrogen-bond acceptors (Lipinski definition) is 0. The van der Waals surface area contributed by atoms with E-state index in [1.54, 1.807) is 0 Å². The van der Waals surface area contributed by atoms with Crippen LogP contribution in [0.25, 0.3) is 43.4 Å². The van der Waals surface area contributed by atoms with E-state index in [-0.39, 0.29) is 5.41 Å². The van der Waals surface area contributed by atoms with Gasteiger partial charge in [0.2, 0.25) is 0 Å². The van der Waals surface area contributed by atoms with E-state index in [1.165, 1.54) is 54.6 Å². The van der Waals surface area contributed by atoms with Crippen molar-refractivity contribution in [3.8, 4) is 11.1 Å². The highest BCUT2D eigenvalue weighted by Gasteiger charge is 2.36. The third-order valence-electron chi connectivity index (χ3n) is 6.43. The Hall–Kier alpha value is -3.12. The number of hydrogen-bond donors (Lipinski definition) is 0. The summed E-state index contributed by atoms with van der Waals surface area (Å²) in [5.41, 5.74) is 5.71. The Morgan fingerprint density at radius 3 is 1.64 bits per heavy atom. The highest BCUT2D eigenvalue weighted by Crippen LogP contribution is 2.52. The second-order valence-electron chi connectivity index (χ2n) is 8.24. The van der Waals surface area contributed by atoms with Crippen LogP contribution >= 0.6 is 0 Å². The van der Waals surface area contributed by atoms with E-state index in [0.717, 1.165) is 0 Å². The molecule has 0 saturated heterocycles. The Balaban J connectivity index is 0.000000475. The molecule has 0 heterocycles. The van der Waals surface area contributed by atoms with E-state index in [4.69, 9.17) is 0 Å². The molecular formula is C33H38. The molecule has 0 N–H and O–H groups in total. The van der Waals surface area contributed by atoms with Crippen LogP contribution in [0, 0.1) is 0 Å². The standard InChI is InChI=1S/C27H20.3C2H6/c1-27(2)24-14-13-18-8-4-6-10-21(18)26(24)23-15-19-12-11-17-7-3-5-9-20(17)22(19)16-25(23)27;3*1-2/h3-16H,1-2H3;3*1-2H3. The summed E-state index contributed by atoms with van der Waals surface area (Å²) in [5.74, 6) is 0. The lowest BCUT2D eigenvalue weighted by Gasteiger charge is -2.22. The molecule has 170 valence electrons. The van der Waals surface area contributed by atoms with Gasteiger partial charge in [-0.3, -0.25) is 0 Å². The summed E-state index contributed by atoms with van der Waals surface area (Å²) >= 11 is 0. The first-order valence-electron chi connectivity index (χ1n) is 12.6. The summed E-state index contributed by atoms with van der Waals surface area (Å²) in [4.78, 5) is 0. The van der Waals surface area contributed by atoms with Crippen LogP contribution in [0.4, 0.5) is 0 Å². The molecular weight excluding hydrogens is 396 g/mol. The van der Waals surface area contributed by atoms with Crippen molar-refractivity contribution in [1.29, 1.82) is 0 Å². The molecule has 33 heavy (non-hydrogen) atoms. The van der Waals surface area contributed by atoms with Crippen LogP contribution in [0.1, 0.15) is 66.5 Å². The molecule has 6 rings (SSSR count). The molecule has 1 aliphatic carbocycles. The SMILES string of the molecule is CC.CC.CC.CC1(C)c2cc3c(ccc4ccccc43)cc2-c2c1ccc1ccccc21. The Morgan fingerprint density at radius 1 is 0.455 bits per heavy atom. The monoisotopic (exact) mass is 434 g/mol. The van der Waals surface area contributed by atoms with E-state index in [9.17, 15) is 0 Å². The summed E-state index contributed by atoms with van der Waals surface area (Å²) in [6.45, 7) is 16.7. The highest BCUT2D eigenvalue weighted by atomic mass is 14.4. The van der Waals surface area contributed by atoms with Crippen molar-refractivity contribution in [2.45, 2.75) is 60.8 Å². The predicted octanol–water partition coefficient (Wildman–Crippen LogP) is 10.5. The summed E-state index contributed by atoms with van der Waals surface area (Å²) in [5, 5.41) is 8.01.